The molecule has 6 N–H and O–H groups in total. The number of para-hydroxylation sites is 1. The van der Waals surface area contributed by atoms with Crippen molar-refractivity contribution in [2.75, 3.05) is 18.4 Å². The zero-order valence-corrected chi connectivity index (χ0v) is 11.3. The monoisotopic (exact) mass is 284 g/mol. The molecule has 0 amide bonds. The topological polar surface area (TPSA) is 120 Å². The Morgan fingerprint density at radius 2 is 2.10 bits per heavy atom. The van der Waals surface area contributed by atoms with Crippen molar-refractivity contribution >= 4 is 11.5 Å². The first-order valence-corrected chi connectivity index (χ1v) is 6.63. The number of anilines is 1. The number of amidine groups is 1. The van der Waals surface area contributed by atoms with Crippen molar-refractivity contribution < 1.29 is 5.11 Å². The maximum Gasteiger partial charge on any atom is 0.150 e. The summed E-state index contributed by atoms with van der Waals surface area (Å²) >= 11 is 0. The highest BCUT2D eigenvalue weighted by atomic mass is 16.3. The van der Waals surface area contributed by atoms with Crippen molar-refractivity contribution in [1.29, 1.82) is 5.41 Å². The lowest BCUT2D eigenvalue weighted by molar-refractivity contribution is 0.472. The minimum Gasteiger partial charge on any atom is -0.507 e. The fourth-order valence-corrected chi connectivity index (χ4v) is 2.13. The second-order valence-corrected chi connectivity index (χ2v) is 4.92. The first-order valence-electron chi connectivity index (χ1n) is 6.63. The van der Waals surface area contributed by atoms with Crippen LogP contribution in [-0.4, -0.2) is 40.3 Å². The van der Waals surface area contributed by atoms with Crippen molar-refractivity contribution in [2.24, 2.45) is 5.73 Å². The quantitative estimate of drug-likeness (QED) is 0.412. The zero-order chi connectivity index (χ0) is 14.8. The standard InChI is InChI=1S/C14H16N6O/c15-14(16)13-11(18-8-6-17-7-8)5-10(19-20-13)9-3-1-2-4-12(9)21/h1-5,8,17,21H,6-7H2,(H3,15,16)(H,18,19). The van der Waals surface area contributed by atoms with Crippen LogP contribution >= 0.6 is 0 Å². The summed E-state index contributed by atoms with van der Waals surface area (Å²) in [6, 6.07) is 8.97. The van der Waals surface area contributed by atoms with Gasteiger partial charge in [-0.1, -0.05) is 12.1 Å². The SMILES string of the molecule is N=C(N)c1nnc(-c2ccccc2O)cc1NC1CNC1. The summed E-state index contributed by atoms with van der Waals surface area (Å²) in [5.74, 6) is -0.000230. The molecule has 1 aromatic heterocycles. The minimum absolute atomic E-state index is 0.138. The third-order valence-electron chi connectivity index (χ3n) is 3.37. The number of hydrogen-bond donors (Lipinski definition) is 5. The van der Waals surface area contributed by atoms with E-state index in [2.05, 4.69) is 20.8 Å². The lowest BCUT2D eigenvalue weighted by atomic mass is 10.1. The van der Waals surface area contributed by atoms with Crippen LogP contribution in [0.1, 0.15) is 5.69 Å². The van der Waals surface area contributed by atoms with Crippen LogP contribution in [0.5, 0.6) is 5.75 Å². The number of phenolic OH excluding ortho intramolecular Hbond substituents is 1. The van der Waals surface area contributed by atoms with Gasteiger partial charge < -0.3 is 21.5 Å². The predicted molar refractivity (Wildman–Crippen MR) is 80.4 cm³/mol. The van der Waals surface area contributed by atoms with E-state index < -0.39 is 0 Å². The maximum absolute atomic E-state index is 9.91. The van der Waals surface area contributed by atoms with E-state index in [9.17, 15) is 5.11 Å². The summed E-state index contributed by atoms with van der Waals surface area (Å²) in [4.78, 5) is 0. The summed E-state index contributed by atoms with van der Waals surface area (Å²) in [5, 5.41) is 32.0. The highest BCUT2D eigenvalue weighted by Gasteiger charge is 2.20. The summed E-state index contributed by atoms with van der Waals surface area (Å²) in [6.07, 6.45) is 0. The Balaban J connectivity index is 2.01. The second kappa shape index (κ2) is 5.37. The maximum atomic E-state index is 9.91. The number of phenols is 1. The van der Waals surface area contributed by atoms with Gasteiger partial charge in [-0.05, 0) is 18.2 Å². The van der Waals surface area contributed by atoms with Crippen molar-refractivity contribution in [3.63, 3.8) is 0 Å². The molecule has 0 aliphatic carbocycles. The van der Waals surface area contributed by atoms with Crippen LogP contribution < -0.4 is 16.4 Å². The molecule has 0 saturated carbocycles. The molecule has 108 valence electrons. The van der Waals surface area contributed by atoms with E-state index in [1.54, 1.807) is 24.3 Å². The van der Waals surface area contributed by atoms with Gasteiger partial charge in [-0.15, -0.1) is 10.2 Å². The summed E-state index contributed by atoms with van der Waals surface area (Å²) in [6.45, 7) is 1.71. The summed E-state index contributed by atoms with van der Waals surface area (Å²) in [5.41, 5.74) is 7.65. The van der Waals surface area contributed by atoms with Crippen LogP contribution in [-0.2, 0) is 0 Å². The molecule has 2 aromatic rings. The Morgan fingerprint density at radius 1 is 1.33 bits per heavy atom. The van der Waals surface area contributed by atoms with E-state index in [0.717, 1.165) is 13.1 Å². The number of nitrogens with two attached hydrogens (primary N) is 1. The van der Waals surface area contributed by atoms with Gasteiger partial charge in [0.05, 0.1) is 17.4 Å². The molecule has 7 heteroatoms. The molecular weight excluding hydrogens is 268 g/mol. The Kier molecular flexibility index (Phi) is 3.41. The molecule has 1 aromatic carbocycles. The van der Waals surface area contributed by atoms with Gasteiger partial charge in [0.2, 0.25) is 0 Å². The number of hydrogen-bond acceptors (Lipinski definition) is 6. The van der Waals surface area contributed by atoms with Crippen LogP contribution in [0.4, 0.5) is 5.69 Å². The van der Waals surface area contributed by atoms with E-state index in [-0.39, 0.29) is 17.6 Å². The van der Waals surface area contributed by atoms with Crippen molar-refractivity contribution in [3.05, 3.63) is 36.0 Å². The second-order valence-electron chi connectivity index (χ2n) is 4.92. The van der Waals surface area contributed by atoms with Crippen LogP contribution in [0.2, 0.25) is 0 Å². The third-order valence-corrected chi connectivity index (χ3v) is 3.37. The van der Waals surface area contributed by atoms with Crippen molar-refractivity contribution in [3.8, 4) is 17.0 Å². The highest BCUT2D eigenvalue weighted by Crippen LogP contribution is 2.29. The van der Waals surface area contributed by atoms with E-state index >= 15 is 0 Å². The first kappa shape index (κ1) is 13.3. The molecular formula is C14H16N6O. The molecule has 1 saturated heterocycles. The Morgan fingerprint density at radius 3 is 2.71 bits per heavy atom. The predicted octanol–water partition coefficient (Wildman–Crippen LogP) is 0.517. The normalized spacial score (nSPS) is 14.5. The van der Waals surface area contributed by atoms with Crippen LogP contribution in [0.3, 0.4) is 0 Å². The Hall–Kier alpha value is -2.67. The molecule has 1 aliphatic rings. The highest BCUT2D eigenvalue weighted by molar-refractivity contribution is 5.98. The van der Waals surface area contributed by atoms with E-state index in [1.807, 2.05) is 6.07 Å². The number of nitrogens with one attached hydrogen (secondary N) is 3. The molecule has 0 spiro atoms. The number of nitrogens with zero attached hydrogens (tertiary/aromatic N) is 2. The van der Waals surface area contributed by atoms with Gasteiger partial charge in [-0.2, -0.15) is 0 Å². The van der Waals surface area contributed by atoms with Crippen LogP contribution in [0, 0.1) is 5.41 Å². The summed E-state index contributed by atoms with van der Waals surface area (Å²) in [7, 11) is 0. The smallest absolute Gasteiger partial charge is 0.150 e. The molecule has 2 heterocycles. The summed E-state index contributed by atoms with van der Waals surface area (Å²) < 4.78 is 0. The van der Waals surface area contributed by atoms with E-state index in [4.69, 9.17) is 11.1 Å². The zero-order valence-electron chi connectivity index (χ0n) is 11.3. The fourth-order valence-electron chi connectivity index (χ4n) is 2.13. The number of benzene rings is 1. The van der Waals surface area contributed by atoms with Gasteiger partial charge in [0.15, 0.2) is 5.69 Å². The number of aromatic hydroxyl groups is 1. The van der Waals surface area contributed by atoms with Gasteiger partial charge in [0.25, 0.3) is 0 Å². The molecule has 3 rings (SSSR count). The Labute approximate surface area is 121 Å². The largest absolute Gasteiger partial charge is 0.507 e. The first-order chi connectivity index (χ1) is 10.1. The molecule has 0 bridgehead atoms. The van der Waals surface area contributed by atoms with Gasteiger partial charge in [0, 0.05) is 18.7 Å². The fraction of sp³-hybridized carbons (Fsp3) is 0.214. The molecule has 7 nitrogen and oxygen atoms in total. The van der Waals surface area contributed by atoms with Crippen molar-refractivity contribution in [1.82, 2.24) is 15.5 Å². The van der Waals surface area contributed by atoms with Gasteiger partial charge in [-0.25, -0.2) is 0 Å². The van der Waals surface area contributed by atoms with Crippen LogP contribution in [0.25, 0.3) is 11.3 Å². The van der Waals surface area contributed by atoms with Gasteiger partial charge in [-0.3, -0.25) is 5.41 Å². The number of aromatic nitrogens is 2. The molecule has 0 radical (unpaired) electrons. The number of nitrogen functional groups attached to an aromatic ring is 1. The van der Waals surface area contributed by atoms with E-state index in [0.29, 0.717) is 22.6 Å². The van der Waals surface area contributed by atoms with E-state index in [1.165, 1.54) is 0 Å². The molecule has 1 fully saturated rings. The average molecular weight is 284 g/mol. The van der Waals surface area contributed by atoms with Crippen molar-refractivity contribution in [2.45, 2.75) is 6.04 Å². The minimum atomic E-state index is -0.138. The molecule has 21 heavy (non-hydrogen) atoms. The molecule has 0 atom stereocenters. The number of rotatable bonds is 4. The van der Waals surface area contributed by atoms with Gasteiger partial charge in [0.1, 0.15) is 11.6 Å². The Bertz CT molecular complexity index is 683. The lowest BCUT2D eigenvalue weighted by Crippen LogP contribution is -2.51. The molecule has 1 aliphatic heterocycles. The van der Waals surface area contributed by atoms with Gasteiger partial charge >= 0.3 is 0 Å². The third kappa shape index (κ3) is 2.63. The molecule has 0 unspecified atom stereocenters. The lowest BCUT2D eigenvalue weighted by Gasteiger charge is -2.29. The van der Waals surface area contributed by atoms with Crippen LogP contribution in [0.15, 0.2) is 30.3 Å². The average Bonchev–Trinajstić information content (AvgIpc) is 2.43.